The number of aliphatic hydroxyl groups is 6. The van der Waals surface area contributed by atoms with Crippen molar-refractivity contribution in [3.63, 3.8) is 0 Å². The Balaban J connectivity index is 1.83. The maximum absolute atomic E-state index is 10.5. The number of hydrogen-bond acceptors (Lipinski definition) is 8. The summed E-state index contributed by atoms with van der Waals surface area (Å²) in [4.78, 5) is 0. The number of fused-ring (bicyclic) bond motifs is 1. The highest BCUT2D eigenvalue weighted by Gasteiger charge is 2.56. The molecule has 1 aliphatic heterocycles. The molecule has 1 saturated carbocycles. The molecule has 0 spiro atoms. The highest BCUT2D eigenvalue weighted by Crippen LogP contribution is 2.62. The van der Waals surface area contributed by atoms with Gasteiger partial charge in [0, 0.05) is 5.41 Å². The van der Waals surface area contributed by atoms with Crippen LogP contribution in [0, 0.1) is 22.7 Å². The molecule has 6 N–H and O–H groups in total. The topological polar surface area (TPSA) is 140 Å². The van der Waals surface area contributed by atoms with E-state index in [0.717, 1.165) is 44.1 Å². The first-order valence-electron chi connectivity index (χ1n) is 12.6. The molecule has 0 amide bonds. The SMILES string of the molecule is CC1=CCC[C@H]2[C@@]1(CO[C@@H]1O[C@@H](CO)[C@@H](O)[C@@H](O)[C@H]1O)CC[C@@H](C)[C@]2(C)CC/C(=C/CO)CO. The van der Waals surface area contributed by atoms with Gasteiger partial charge in [0.1, 0.15) is 24.4 Å². The normalized spacial score (nSPS) is 43.4. The van der Waals surface area contributed by atoms with Gasteiger partial charge in [0.05, 0.1) is 26.4 Å². The lowest BCUT2D eigenvalue weighted by atomic mass is 9.46. The summed E-state index contributed by atoms with van der Waals surface area (Å²) in [6.07, 6.45) is 3.10. The Morgan fingerprint density at radius 1 is 1.15 bits per heavy atom. The monoisotopic (exact) mass is 484 g/mol. The average molecular weight is 485 g/mol. The van der Waals surface area contributed by atoms with Crippen molar-refractivity contribution in [1.29, 1.82) is 0 Å². The van der Waals surface area contributed by atoms with Crippen LogP contribution in [0.3, 0.4) is 0 Å². The van der Waals surface area contributed by atoms with Crippen LogP contribution in [0.25, 0.3) is 0 Å². The van der Waals surface area contributed by atoms with Crippen LogP contribution in [0.5, 0.6) is 0 Å². The number of allylic oxidation sites excluding steroid dienone is 1. The van der Waals surface area contributed by atoms with Crippen molar-refractivity contribution in [1.82, 2.24) is 0 Å². The fraction of sp³-hybridized carbons (Fsp3) is 0.846. The molecule has 2 fully saturated rings. The van der Waals surface area contributed by atoms with E-state index in [1.807, 2.05) is 0 Å². The third kappa shape index (κ3) is 5.15. The Bertz CT molecular complexity index is 736. The van der Waals surface area contributed by atoms with Gasteiger partial charge in [-0.3, -0.25) is 0 Å². The second-order valence-electron chi connectivity index (χ2n) is 10.8. The van der Waals surface area contributed by atoms with Crippen LogP contribution in [-0.2, 0) is 9.47 Å². The molecule has 3 aliphatic rings. The molecule has 0 radical (unpaired) electrons. The molecule has 2 aliphatic carbocycles. The first-order chi connectivity index (χ1) is 16.1. The van der Waals surface area contributed by atoms with Crippen molar-refractivity contribution < 1.29 is 40.1 Å². The Hall–Kier alpha value is -0.840. The lowest BCUT2D eigenvalue weighted by molar-refractivity contribution is -0.308. The van der Waals surface area contributed by atoms with Crippen LogP contribution in [-0.4, -0.2) is 87.8 Å². The summed E-state index contributed by atoms with van der Waals surface area (Å²) >= 11 is 0. The Morgan fingerprint density at radius 2 is 1.88 bits per heavy atom. The number of rotatable bonds is 9. The molecule has 8 heteroatoms. The van der Waals surface area contributed by atoms with Crippen LogP contribution in [0.2, 0.25) is 0 Å². The standard InChI is InChI=1S/C26H44O8/c1-16-7-11-26(15-33-24-23(32)22(31)21(30)19(14-29)34-24)17(2)5-4-6-20(26)25(16,3)10-8-18(13-28)9-12-27/h5,9,16,19-24,27-32H,4,6-8,10-15H2,1-3H3/b18-9-/t16-,19+,20-,21-,22-,23-,24-,25+,26-/m1/s1. The fourth-order valence-electron chi connectivity index (χ4n) is 6.65. The van der Waals surface area contributed by atoms with Gasteiger partial charge in [-0.2, -0.15) is 0 Å². The molecule has 0 aromatic rings. The first kappa shape index (κ1) is 27.7. The summed E-state index contributed by atoms with van der Waals surface area (Å²) in [5, 5.41) is 59.2. The summed E-state index contributed by atoms with van der Waals surface area (Å²) < 4.78 is 11.8. The minimum absolute atomic E-state index is 0.0176. The zero-order valence-electron chi connectivity index (χ0n) is 20.8. The number of hydrogen-bond donors (Lipinski definition) is 6. The minimum atomic E-state index is -1.46. The van der Waals surface area contributed by atoms with Gasteiger partial charge in [-0.25, -0.2) is 0 Å². The van der Waals surface area contributed by atoms with E-state index in [0.29, 0.717) is 18.4 Å². The van der Waals surface area contributed by atoms with E-state index >= 15 is 0 Å². The van der Waals surface area contributed by atoms with Gasteiger partial charge in [-0.1, -0.05) is 31.6 Å². The summed E-state index contributed by atoms with van der Waals surface area (Å²) in [5.41, 5.74) is 1.85. The van der Waals surface area contributed by atoms with Crippen molar-refractivity contribution in [2.45, 2.75) is 90.0 Å². The maximum atomic E-state index is 10.5. The van der Waals surface area contributed by atoms with Gasteiger partial charge >= 0.3 is 0 Å². The second kappa shape index (κ2) is 11.5. The molecule has 196 valence electrons. The predicted octanol–water partition coefficient (Wildman–Crippen LogP) is 1.27. The molecule has 34 heavy (non-hydrogen) atoms. The molecule has 8 nitrogen and oxygen atoms in total. The Labute approximate surface area is 202 Å². The average Bonchev–Trinajstić information content (AvgIpc) is 2.83. The predicted molar refractivity (Wildman–Crippen MR) is 127 cm³/mol. The Morgan fingerprint density at radius 3 is 2.53 bits per heavy atom. The second-order valence-corrected chi connectivity index (χ2v) is 10.8. The number of aliphatic hydroxyl groups excluding tert-OH is 6. The van der Waals surface area contributed by atoms with Crippen molar-refractivity contribution in [2.75, 3.05) is 26.4 Å². The van der Waals surface area contributed by atoms with E-state index in [1.54, 1.807) is 6.08 Å². The van der Waals surface area contributed by atoms with E-state index in [1.165, 1.54) is 5.57 Å². The molecule has 1 saturated heterocycles. The molecule has 0 bridgehead atoms. The molecular weight excluding hydrogens is 440 g/mol. The summed E-state index contributed by atoms with van der Waals surface area (Å²) in [5.74, 6) is 0.783. The van der Waals surface area contributed by atoms with E-state index in [2.05, 4.69) is 26.8 Å². The molecule has 1 heterocycles. The van der Waals surface area contributed by atoms with Crippen LogP contribution >= 0.6 is 0 Å². The van der Waals surface area contributed by atoms with E-state index < -0.39 is 37.3 Å². The van der Waals surface area contributed by atoms with Gasteiger partial charge in [-0.15, -0.1) is 0 Å². The van der Waals surface area contributed by atoms with Crippen molar-refractivity contribution >= 4 is 0 Å². The zero-order chi connectivity index (χ0) is 25.1. The van der Waals surface area contributed by atoms with E-state index in [9.17, 15) is 30.6 Å². The fourth-order valence-corrected chi connectivity index (χ4v) is 6.65. The van der Waals surface area contributed by atoms with Gasteiger partial charge in [0.2, 0.25) is 0 Å². The maximum Gasteiger partial charge on any atom is 0.186 e. The first-order valence-corrected chi connectivity index (χ1v) is 12.6. The summed E-state index contributed by atoms with van der Waals surface area (Å²) in [6.45, 7) is 6.46. The van der Waals surface area contributed by atoms with Gasteiger partial charge in [0.15, 0.2) is 6.29 Å². The van der Waals surface area contributed by atoms with Gasteiger partial charge in [0.25, 0.3) is 0 Å². The molecule has 3 rings (SSSR count). The van der Waals surface area contributed by atoms with Crippen LogP contribution in [0.15, 0.2) is 23.3 Å². The van der Waals surface area contributed by atoms with Gasteiger partial charge in [-0.05, 0) is 68.3 Å². The molecule has 0 aromatic carbocycles. The van der Waals surface area contributed by atoms with Crippen LogP contribution < -0.4 is 0 Å². The van der Waals surface area contributed by atoms with Crippen LogP contribution in [0.1, 0.15) is 59.3 Å². The molecule has 0 aromatic heterocycles. The highest BCUT2D eigenvalue weighted by molar-refractivity contribution is 5.23. The largest absolute Gasteiger partial charge is 0.394 e. The molecule has 9 atom stereocenters. The lowest BCUT2D eigenvalue weighted by Gasteiger charge is -2.59. The smallest absolute Gasteiger partial charge is 0.186 e. The van der Waals surface area contributed by atoms with Crippen molar-refractivity contribution in [3.05, 3.63) is 23.3 Å². The van der Waals surface area contributed by atoms with E-state index in [4.69, 9.17) is 9.47 Å². The van der Waals surface area contributed by atoms with E-state index in [-0.39, 0.29) is 24.0 Å². The lowest BCUT2D eigenvalue weighted by Crippen LogP contribution is -2.60. The minimum Gasteiger partial charge on any atom is -0.394 e. The van der Waals surface area contributed by atoms with Crippen LogP contribution in [0.4, 0.5) is 0 Å². The third-order valence-corrected chi connectivity index (χ3v) is 9.22. The Kier molecular flexibility index (Phi) is 9.36. The quantitative estimate of drug-likeness (QED) is 0.269. The van der Waals surface area contributed by atoms with Gasteiger partial charge < -0.3 is 40.1 Å². The van der Waals surface area contributed by atoms with Crippen molar-refractivity contribution in [2.24, 2.45) is 22.7 Å². The summed E-state index contributed by atoms with van der Waals surface area (Å²) in [6, 6.07) is 0. The zero-order valence-corrected chi connectivity index (χ0v) is 20.8. The highest BCUT2D eigenvalue weighted by atomic mass is 16.7. The molecule has 0 unspecified atom stereocenters. The van der Waals surface area contributed by atoms with Crippen molar-refractivity contribution in [3.8, 4) is 0 Å². The number of ether oxygens (including phenoxy) is 2. The third-order valence-electron chi connectivity index (χ3n) is 9.22. The summed E-state index contributed by atoms with van der Waals surface area (Å²) in [7, 11) is 0. The molecular formula is C26H44O8.